The van der Waals surface area contributed by atoms with Crippen LogP contribution in [0.3, 0.4) is 0 Å². The van der Waals surface area contributed by atoms with Crippen molar-refractivity contribution in [2.45, 2.75) is 90.6 Å². The van der Waals surface area contributed by atoms with E-state index in [4.69, 9.17) is 4.74 Å². The van der Waals surface area contributed by atoms with E-state index in [0.29, 0.717) is 47.3 Å². The van der Waals surface area contributed by atoms with E-state index >= 15 is 0 Å². The average molecular weight is 536 g/mol. The van der Waals surface area contributed by atoms with Gasteiger partial charge in [-0.05, 0) is 100 Å². The Hall–Kier alpha value is -3.06. The van der Waals surface area contributed by atoms with Crippen LogP contribution in [0.5, 0.6) is 5.75 Å². The molecule has 1 unspecified atom stereocenters. The second kappa shape index (κ2) is 13.3. The molecule has 3 aliphatic rings. The van der Waals surface area contributed by atoms with E-state index in [1.165, 1.54) is 11.6 Å². The summed E-state index contributed by atoms with van der Waals surface area (Å²) in [7, 11) is 0. The van der Waals surface area contributed by atoms with Crippen LogP contribution in [-0.4, -0.2) is 41.2 Å². The molecular weight excluding hydrogens is 494 g/mol. The zero-order chi connectivity index (χ0) is 27.9. The second-order valence-corrected chi connectivity index (χ2v) is 11.5. The van der Waals surface area contributed by atoms with Crippen molar-refractivity contribution < 1.29 is 29.0 Å². The lowest BCUT2D eigenvalue weighted by molar-refractivity contribution is -0.136. The third kappa shape index (κ3) is 7.75. The van der Waals surface area contributed by atoms with Gasteiger partial charge in [-0.3, -0.25) is 24.5 Å². The van der Waals surface area contributed by atoms with Crippen LogP contribution < -0.4 is 10.1 Å². The monoisotopic (exact) mass is 535 g/mol. The summed E-state index contributed by atoms with van der Waals surface area (Å²) in [5.74, 6) is 0.00422. The number of fused-ring (bicyclic) bond motifs is 1. The first-order valence-corrected chi connectivity index (χ1v) is 14.5. The second-order valence-electron chi connectivity index (χ2n) is 11.5. The van der Waals surface area contributed by atoms with Crippen molar-refractivity contribution in [2.24, 2.45) is 17.8 Å². The number of nitrogens with one attached hydrogen (secondary N) is 1. The minimum absolute atomic E-state index is 0.121. The van der Waals surface area contributed by atoms with Crippen LogP contribution in [0.4, 0.5) is 0 Å². The molecule has 1 heterocycles. The molecule has 1 saturated heterocycles. The van der Waals surface area contributed by atoms with Crippen LogP contribution in [-0.2, 0) is 9.59 Å². The molecule has 210 valence electrons. The minimum atomic E-state index is -0.483. The number of benzene rings is 1. The van der Waals surface area contributed by atoms with Crippen molar-refractivity contribution in [3.05, 3.63) is 52.6 Å². The highest BCUT2D eigenvalue weighted by molar-refractivity contribution is 6.24. The number of carbonyl (C=O) groups is 4. The molecule has 0 spiro atoms. The van der Waals surface area contributed by atoms with Crippen molar-refractivity contribution in [1.82, 2.24) is 5.32 Å². The number of imide groups is 1. The molecule has 2 N–H and O–H groups in total. The molecule has 2 aliphatic carbocycles. The Morgan fingerprint density at radius 3 is 2.51 bits per heavy atom. The van der Waals surface area contributed by atoms with E-state index in [0.717, 1.165) is 51.4 Å². The molecule has 2 fully saturated rings. The number of amides is 2. The molecule has 7 nitrogen and oxygen atoms in total. The van der Waals surface area contributed by atoms with Crippen LogP contribution >= 0.6 is 0 Å². The largest absolute Gasteiger partial charge is 0.494 e. The van der Waals surface area contributed by atoms with Gasteiger partial charge in [0.25, 0.3) is 0 Å². The number of Topliss-reactive ketones (excluding diaryl/α,β-unsaturated/α-hetero) is 1. The van der Waals surface area contributed by atoms with E-state index in [1.807, 2.05) is 0 Å². The van der Waals surface area contributed by atoms with Crippen LogP contribution in [0.25, 0.3) is 0 Å². The fraction of sp³-hybridized carbons (Fsp3) is 0.562. The Bertz CT molecular complexity index is 1160. The molecule has 0 aromatic heterocycles. The van der Waals surface area contributed by atoms with Gasteiger partial charge in [0.15, 0.2) is 11.6 Å². The molecule has 2 amide bonds. The number of hydrogen-bond acceptors (Lipinski definition) is 6. The van der Waals surface area contributed by atoms with Gasteiger partial charge in [0, 0.05) is 29.0 Å². The number of aliphatic hydroxyl groups is 1. The fourth-order valence-corrected chi connectivity index (χ4v) is 5.77. The highest BCUT2D eigenvalue weighted by atomic mass is 16.5. The smallest absolute Gasteiger partial charge is 0.230 e. The number of piperidine rings is 1. The van der Waals surface area contributed by atoms with Gasteiger partial charge in [-0.2, -0.15) is 0 Å². The molecule has 7 heteroatoms. The van der Waals surface area contributed by atoms with Crippen molar-refractivity contribution in [3.63, 3.8) is 0 Å². The first-order chi connectivity index (χ1) is 18.7. The number of ketones is 2. The van der Waals surface area contributed by atoms with Gasteiger partial charge in [0.05, 0.1) is 12.7 Å². The predicted octanol–water partition coefficient (Wildman–Crippen LogP) is 5.51. The Morgan fingerprint density at radius 2 is 1.79 bits per heavy atom. The zero-order valence-corrected chi connectivity index (χ0v) is 23.2. The summed E-state index contributed by atoms with van der Waals surface area (Å²) in [5, 5.41) is 12.1. The highest BCUT2D eigenvalue weighted by Gasteiger charge is 2.32. The summed E-state index contributed by atoms with van der Waals surface area (Å²) >= 11 is 0. The number of unbranched alkanes of at least 4 members (excludes halogenated alkanes) is 2. The molecule has 0 radical (unpaired) electrons. The zero-order valence-electron chi connectivity index (χ0n) is 23.2. The quantitative estimate of drug-likeness (QED) is 0.220. The van der Waals surface area contributed by atoms with E-state index in [9.17, 15) is 24.3 Å². The third-order valence-electron chi connectivity index (χ3n) is 8.23. The summed E-state index contributed by atoms with van der Waals surface area (Å²) in [5.41, 5.74) is 2.48. The van der Waals surface area contributed by atoms with E-state index in [-0.39, 0.29) is 42.3 Å². The summed E-state index contributed by atoms with van der Waals surface area (Å²) < 4.78 is 5.91. The molecule has 0 bridgehead atoms. The van der Waals surface area contributed by atoms with Crippen LogP contribution in [0, 0.1) is 17.8 Å². The van der Waals surface area contributed by atoms with Crippen LogP contribution in [0.2, 0.25) is 0 Å². The SMILES string of the molecule is CC(C)/C(=C\[C@H]1CC[C@H](O)CC1)CCCCCOc1ccc2c(c1)C(=O)C=C(CC1CCC(=O)NC1=O)C2=O. The Kier molecular flexibility index (Phi) is 9.89. The number of rotatable bonds is 11. The van der Waals surface area contributed by atoms with Gasteiger partial charge in [-0.25, -0.2) is 0 Å². The number of carbonyl (C=O) groups excluding carboxylic acids is 4. The van der Waals surface area contributed by atoms with Crippen molar-refractivity contribution in [1.29, 1.82) is 0 Å². The van der Waals surface area contributed by atoms with Gasteiger partial charge >= 0.3 is 0 Å². The average Bonchev–Trinajstić information content (AvgIpc) is 2.90. The molecule has 39 heavy (non-hydrogen) atoms. The van der Waals surface area contributed by atoms with Crippen LogP contribution in [0.15, 0.2) is 41.5 Å². The van der Waals surface area contributed by atoms with E-state index in [2.05, 4.69) is 25.2 Å². The van der Waals surface area contributed by atoms with Gasteiger partial charge in [-0.15, -0.1) is 0 Å². The number of aliphatic hydroxyl groups excluding tert-OH is 1. The summed E-state index contributed by atoms with van der Waals surface area (Å²) in [6.45, 7) is 5.04. The Balaban J connectivity index is 1.24. The molecular formula is C32H41NO6. The van der Waals surface area contributed by atoms with Crippen LogP contribution in [0.1, 0.15) is 105 Å². The summed E-state index contributed by atoms with van der Waals surface area (Å²) in [6.07, 6.45) is 12.5. The molecule has 1 aliphatic heterocycles. The number of ether oxygens (including phenoxy) is 1. The first kappa shape index (κ1) is 28.9. The minimum Gasteiger partial charge on any atom is -0.494 e. The Labute approximate surface area is 231 Å². The maximum Gasteiger partial charge on any atom is 0.230 e. The lowest BCUT2D eigenvalue weighted by Gasteiger charge is -2.25. The fourth-order valence-electron chi connectivity index (χ4n) is 5.77. The molecule has 1 aromatic rings. The van der Waals surface area contributed by atoms with Gasteiger partial charge in [0.2, 0.25) is 11.8 Å². The maximum atomic E-state index is 13.0. The van der Waals surface area contributed by atoms with Crippen molar-refractivity contribution >= 4 is 23.4 Å². The van der Waals surface area contributed by atoms with Gasteiger partial charge in [0.1, 0.15) is 5.75 Å². The summed E-state index contributed by atoms with van der Waals surface area (Å²) in [6, 6.07) is 4.99. The third-order valence-corrected chi connectivity index (χ3v) is 8.23. The van der Waals surface area contributed by atoms with E-state index < -0.39 is 5.92 Å². The maximum absolute atomic E-state index is 13.0. The molecule has 4 rings (SSSR count). The topological polar surface area (TPSA) is 110 Å². The first-order valence-electron chi connectivity index (χ1n) is 14.5. The molecule has 1 atom stereocenters. The highest BCUT2D eigenvalue weighted by Crippen LogP contribution is 2.31. The predicted molar refractivity (Wildman–Crippen MR) is 149 cm³/mol. The normalized spacial score (nSPS) is 23.9. The summed E-state index contributed by atoms with van der Waals surface area (Å²) in [4.78, 5) is 49.3. The molecule has 1 saturated carbocycles. The standard InChI is InChI=1S/C32H41NO6/c1-20(2)22(16-21-7-10-25(34)11-8-21)6-4-3-5-15-39-26-12-13-27-28(19-26)29(35)18-24(31(27)37)17-23-9-14-30(36)33-32(23)38/h12-13,16,18-21,23,25,34H,3-11,14-15,17H2,1-2H3,(H,33,36,38)/b22-16-/t21-,23?,25-. The lowest BCUT2D eigenvalue weighted by Crippen LogP contribution is -2.41. The van der Waals surface area contributed by atoms with Crippen molar-refractivity contribution in [2.75, 3.05) is 6.61 Å². The van der Waals surface area contributed by atoms with Crippen molar-refractivity contribution in [3.8, 4) is 5.75 Å². The number of hydrogen-bond donors (Lipinski definition) is 2. The van der Waals surface area contributed by atoms with Gasteiger partial charge < -0.3 is 9.84 Å². The Morgan fingerprint density at radius 1 is 1.03 bits per heavy atom. The lowest BCUT2D eigenvalue weighted by atomic mass is 9.83. The van der Waals surface area contributed by atoms with E-state index in [1.54, 1.807) is 18.2 Å². The molecule has 1 aromatic carbocycles. The number of allylic oxidation sites excluding steroid dienone is 4. The van der Waals surface area contributed by atoms with Gasteiger partial charge in [-0.1, -0.05) is 25.5 Å².